The Bertz CT molecular complexity index is 1020. The van der Waals surface area contributed by atoms with Gasteiger partial charge in [-0.05, 0) is 56.2 Å². The second kappa shape index (κ2) is 8.49. The highest BCUT2D eigenvalue weighted by atomic mass is 32.1. The number of nitrogens with one attached hydrogen (secondary N) is 1. The summed E-state index contributed by atoms with van der Waals surface area (Å²) in [6, 6.07) is 9.95. The summed E-state index contributed by atoms with van der Waals surface area (Å²) in [6.45, 7) is 2.17. The molecule has 156 valence electrons. The summed E-state index contributed by atoms with van der Waals surface area (Å²) in [4.78, 5) is 28.1. The Morgan fingerprint density at radius 3 is 2.80 bits per heavy atom. The molecule has 2 amide bonds. The van der Waals surface area contributed by atoms with E-state index < -0.39 is 0 Å². The molecule has 2 heterocycles. The minimum Gasteiger partial charge on any atom is -0.369 e. The van der Waals surface area contributed by atoms with Gasteiger partial charge in [-0.25, -0.2) is 0 Å². The Hall–Kier alpha value is -2.85. The minimum atomic E-state index is -0.339. The molecule has 1 aromatic carbocycles. The molecule has 7 heteroatoms. The molecule has 0 spiro atoms. The molecule has 1 aromatic heterocycles. The van der Waals surface area contributed by atoms with E-state index in [9.17, 15) is 14.9 Å². The first kappa shape index (κ1) is 20.4. The van der Waals surface area contributed by atoms with Gasteiger partial charge in [-0.2, -0.15) is 5.26 Å². The SMILES string of the molecule is C[C@@H]1C[C@@H](C(N)=O)c2ccccc2N1CC(=O)Nc1sc2c(c1C#N)CCCCC2. The maximum absolute atomic E-state index is 13.0. The van der Waals surface area contributed by atoms with Crippen LogP contribution in [0.4, 0.5) is 10.7 Å². The number of nitrogens with two attached hydrogens (primary N) is 1. The van der Waals surface area contributed by atoms with E-state index in [1.165, 1.54) is 11.3 Å². The van der Waals surface area contributed by atoms with Crippen LogP contribution in [0.3, 0.4) is 0 Å². The van der Waals surface area contributed by atoms with Crippen molar-refractivity contribution in [2.75, 3.05) is 16.8 Å². The van der Waals surface area contributed by atoms with Crippen LogP contribution in [0.5, 0.6) is 0 Å². The maximum atomic E-state index is 13.0. The number of carbonyl (C=O) groups is 2. The van der Waals surface area contributed by atoms with Crippen LogP contribution in [0, 0.1) is 11.3 Å². The summed E-state index contributed by atoms with van der Waals surface area (Å²) >= 11 is 1.55. The summed E-state index contributed by atoms with van der Waals surface area (Å²) in [5.74, 6) is -0.826. The van der Waals surface area contributed by atoms with Crippen molar-refractivity contribution in [2.24, 2.45) is 5.73 Å². The number of hydrogen-bond acceptors (Lipinski definition) is 5. The average Bonchev–Trinajstić information content (AvgIpc) is 2.88. The van der Waals surface area contributed by atoms with E-state index >= 15 is 0 Å². The number of nitriles is 1. The van der Waals surface area contributed by atoms with Crippen LogP contribution in [0.15, 0.2) is 24.3 Å². The highest BCUT2D eigenvalue weighted by Gasteiger charge is 2.34. The molecule has 0 fully saturated rings. The standard InChI is InChI=1S/C23H26N4O2S/c1-14-11-17(22(25)29)15-7-5-6-9-19(15)27(14)13-21(28)26-23-18(12-24)16-8-3-2-4-10-20(16)30-23/h5-7,9,14,17H,2-4,8,10-11,13H2,1H3,(H2,25,29)(H,26,28)/t14-,17-/m1/s1. The third-order valence-electron chi connectivity index (χ3n) is 6.17. The maximum Gasteiger partial charge on any atom is 0.244 e. The molecule has 4 rings (SSSR count). The summed E-state index contributed by atoms with van der Waals surface area (Å²) in [6.07, 6.45) is 5.89. The van der Waals surface area contributed by atoms with Crippen molar-refractivity contribution in [3.8, 4) is 6.07 Å². The lowest BCUT2D eigenvalue weighted by atomic mass is 9.85. The van der Waals surface area contributed by atoms with Crippen LogP contribution >= 0.6 is 11.3 Å². The number of aryl methyl sites for hydroxylation is 1. The number of fused-ring (bicyclic) bond motifs is 2. The molecule has 30 heavy (non-hydrogen) atoms. The third kappa shape index (κ3) is 3.80. The van der Waals surface area contributed by atoms with Gasteiger partial charge < -0.3 is 16.0 Å². The van der Waals surface area contributed by atoms with Crippen LogP contribution in [-0.2, 0) is 22.4 Å². The molecular formula is C23H26N4O2S. The molecule has 0 saturated carbocycles. The van der Waals surface area contributed by atoms with Crippen LogP contribution < -0.4 is 16.0 Å². The van der Waals surface area contributed by atoms with Crippen LogP contribution in [0.25, 0.3) is 0 Å². The normalized spacial score (nSPS) is 20.5. The first-order chi connectivity index (χ1) is 14.5. The van der Waals surface area contributed by atoms with Crippen molar-refractivity contribution < 1.29 is 9.59 Å². The van der Waals surface area contributed by atoms with E-state index in [0.717, 1.165) is 42.5 Å². The van der Waals surface area contributed by atoms with Gasteiger partial charge in [-0.3, -0.25) is 9.59 Å². The number of rotatable bonds is 4. The van der Waals surface area contributed by atoms with Crippen molar-refractivity contribution in [1.82, 2.24) is 0 Å². The fourth-order valence-corrected chi connectivity index (χ4v) is 5.91. The van der Waals surface area contributed by atoms with E-state index in [4.69, 9.17) is 5.73 Å². The Balaban J connectivity index is 1.55. The number of carbonyl (C=O) groups excluding carboxylic acids is 2. The molecule has 0 saturated heterocycles. The molecule has 0 bridgehead atoms. The molecule has 1 aliphatic carbocycles. The largest absolute Gasteiger partial charge is 0.369 e. The number of nitrogens with zero attached hydrogens (tertiary/aromatic N) is 2. The third-order valence-corrected chi connectivity index (χ3v) is 7.38. The zero-order chi connectivity index (χ0) is 21.3. The van der Waals surface area contributed by atoms with Gasteiger partial charge in [0.1, 0.15) is 11.1 Å². The van der Waals surface area contributed by atoms with Crippen LogP contribution in [0.2, 0.25) is 0 Å². The Kier molecular flexibility index (Phi) is 5.78. The lowest BCUT2D eigenvalue weighted by Crippen LogP contribution is -2.45. The summed E-state index contributed by atoms with van der Waals surface area (Å²) in [7, 11) is 0. The molecule has 2 aliphatic rings. The fourth-order valence-electron chi connectivity index (χ4n) is 4.66. The molecule has 3 N–H and O–H groups in total. The van der Waals surface area contributed by atoms with Gasteiger partial charge in [-0.15, -0.1) is 11.3 Å². The lowest BCUT2D eigenvalue weighted by molar-refractivity contribution is -0.119. The van der Waals surface area contributed by atoms with Crippen molar-refractivity contribution in [2.45, 2.75) is 57.4 Å². The lowest BCUT2D eigenvalue weighted by Gasteiger charge is -2.39. The van der Waals surface area contributed by atoms with E-state index in [1.807, 2.05) is 36.1 Å². The molecule has 0 unspecified atom stereocenters. The number of anilines is 2. The number of para-hydroxylation sites is 1. The number of hydrogen-bond donors (Lipinski definition) is 2. The second-order valence-electron chi connectivity index (χ2n) is 8.15. The molecule has 6 nitrogen and oxygen atoms in total. The Morgan fingerprint density at radius 1 is 1.27 bits per heavy atom. The quantitative estimate of drug-likeness (QED) is 0.734. The molecule has 2 aromatic rings. The first-order valence-electron chi connectivity index (χ1n) is 10.5. The topological polar surface area (TPSA) is 99.2 Å². The Morgan fingerprint density at radius 2 is 2.03 bits per heavy atom. The first-order valence-corrected chi connectivity index (χ1v) is 11.3. The molecule has 1 aliphatic heterocycles. The number of primary amides is 1. The molecule has 2 atom stereocenters. The highest BCUT2D eigenvalue weighted by molar-refractivity contribution is 7.16. The number of benzene rings is 1. The van der Waals surface area contributed by atoms with Gasteiger partial charge in [0.05, 0.1) is 18.0 Å². The van der Waals surface area contributed by atoms with Crippen molar-refractivity contribution in [3.05, 3.63) is 45.8 Å². The molecular weight excluding hydrogens is 396 g/mol. The van der Waals surface area contributed by atoms with Gasteiger partial charge in [-0.1, -0.05) is 24.6 Å². The van der Waals surface area contributed by atoms with Crippen molar-refractivity contribution >= 4 is 33.8 Å². The second-order valence-corrected chi connectivity index (χ2v) is 9.26. The fraction of sp³-hybridized carbons (Fsp3) is 0.435. The summed E-state index contributed by atoms with van der Waals surface area (Å²) in [5, 5.41) is 13.4. The zero-order valence-electron chi connectivity index (χ0n) is 17.1. The van der Waals surface area contributed by atoms with Crippen LogP contribution in [0.1, 0.15) is 60.1 Å². The van der Waals surface area contributed by atoms with E-state index in [2.05, 4.69) is 11.4 Å². The van der Waals surface area contributed by atoms with E-state index in [1.54, 1.807) is 11.3 Å². The highest BCUT2D eigenvalue weighted by Crippen LogP contribution is 2.39. The number of thiophene rings is 1. The van der Waals surface area contributed by atoms with Gasteiger partial charge in [0, 0.05) is 16.6 Å². The number of amides is 2. The molecule has 0 radical (unpaired) electrons. The van der Waals surface area contributed by atoms with E-state index in [0.29, 0.717) is 17.0 Å². The predicted molar refractivity (Wildman–Crippen MR) is 119 cm³/mol. The average molecular weight is 423 g/mol. The predicted octanol–water partition coefficient (Wildman–Crippen LogP) is 3.69. The zero-order valence-corrected chi connectivity index (χ0v) is 17.9. The smallest absolute Gasteiger partial charge is 0.244 e. The van der Waals surface area contributed by atoms with Gasteiger partial charge in [0.2, 0.25) is 11.8 Å². The Labute approximate surface area is 180 Å². The van der Waals surface area contributed by atoms with Gasteiger partial charge >= 0.3 is 0 Å². The van der Waals surface area contributed by atoms with E-state index in [-0.39, 0.29) is 30.3 Å². The van der Waals surface area contributed by atoms with Gasteiger partial charge in [0.15, 0.2) is 0 Å². The van der Waals surface area contributed by atoms with Crippen molar-refractivity contribution in [3.63, 3.8) is 0 Å². The summed E-state index contributed by atoms with van der Waals surface area (Å²) < 4.78 is 0. The summed E-state index contributed by atoms with van der Waals surface area (Å²) in [5.41, 5.74) is 9.11. The van der Waals surface area contributed by atoms with Crippen LogP contribution in [-0.4, -0.2) is 24.4 Å². The minimum absolute atomic E-state index is 0.00126. The van der Waals surface area contributed by atoms with Crippen molar-refractivity contribution in [1.29, 1.82) is 5.26 Å². The monoisotopic (exact) mass is 422 g/mol. The van der Waals surface area contributed by atoms with Gasteiger partial charge in [0.25, 0.3) is 0 Å².